The van der Waals surface area contributed by atoms with Gasteiger partial charge in [-0.3, -0.25) is 0 Å². The highest BCUT2D eigenvalue weighted by Gasteiger charge is 2.26. The van der Waals surface area contributed by atoms with Crippen molar-refractivity contribution < 1.29 is 9.90 Å². The lowest BCUT2D eigenvalue weighted by atomic mass is 9.83. The lowest BCUT2D eigenvalue weighted by molar-refractivity contribution is 0.0690. The van der Waals surface area contributed by atoms with E-state index in [2.05, 4.69) is 17.2 Å². The minimum Gasteiger partial charge on any atom is -0.477 e. The highest BCUT2D eigenvalue weighted by Crippen LogP contribution is 2.31. The Hall–Kier alpha value is -1.58. The number of carboxylic acids is 1. The number of nitrogens with zero attached hydrogens (tertiary/aromatic N) is 1. The summed E-state index contributed by atoms with van der Waals surface area (Å²) in [6.45, 7) is 2.20. The molecule has 0 spiro atoms. The minimum atomic E-state index is -0.984. The Bertz CT molecular complexity index is 412. The van der Waals surface area contributed by atoms with E-state index in [-0.39, 0.29) is 11.2 Å². The molecule has 4 heteroatoms. The van der Waals surface area contributed by atoms with Crippen LogP contribution in [0.5, 0.6) is 0 Å². The number of carbonyl (C=O) groups is 1. The zero-order valence-corrected chi connectivity index (χ0v) is 10.1. The molecule has 0 saturated heterocycles. The van der Waals surface area contributed by atoms with E-state index < -0.39 is 5.97 Å². The first-order valence-electron chi connectivity index (χ1n) is 6.07. The molecule has 1 aromatic rings. The average Bonchev–Trinajstić information content (AvgIpc) is 2.29. The summed E-state index contributed by atoms with van der Waals surface area (Å²) in [6.07, 6.45) is 7.59. The zero-order chi connectivity index (χ0) is 12.3. The number of anilines is 1. The van der Waals surface area contributed by atoms with Crippen molar-refractivity contribution in [3.63, 3.8) is 0 Å². The van der Waals surface area contributed by atoms with Crippen LogP contribution in [0.15, 0.2) is 18.3 Å². The number of rotatable bonds is 3. The minimum absolute atomic E-state index is 0.0920. The highest BCUT2D eigenvalue weighted by atomic mass is 16.4. The molecule has 0 radical (unpaired) electrons. The summed E-state index contributed by atoms with van der Waals surface area (Å²) >= 11 is 0. The molecular formula is C13H18N2O2. The number of aromatic nitrogens is 1. The standard InChI is InChI=1S/C13H18N2O2/c1-13(6-3-2-4-7-13)15-10-5-8-14-11(9-10)12(16)17/h5,8-9H,2-4,6-7H2,1H3,(H,14,15)(H,16,17). The van der Waals surface area contributed by atoms with Gasteiger partial charge in [-0.15, -0.1) is 0 Å². The highest BCUT2D eigenvalue weighted by molar-refractivity contribution is 5.86. The predicted octanol–water partition coefficient (Wildman–Crippen LogP) is 2.91. The Balaban J connectivity index is 2.12. The van der Waals surface area contributed by atoms with Crippen molar-refractivity contribution in [3.8, 4) is 0 Å². The first-order chi connectivity index (χ1) is 8.09. The van der Waals surface area contributed by atoms with E-state index in [0.29, 0.717) is 0 Å². The van der Waals surface area contributed by atoms with Crippen LogP contribution in [-0.4, -0.2) is 21.6 Å². The van der Waals surface area contributed by atoms with Crippen LogP contribution in [0.1, 0.15) is 49.5 Å². The van der Waals surface area contributed by atoms with E-state index in [4.69, 9.17) is 5.11 Å². The van der Waals surface area contributed by atoms with E-state index in [1.165, 1.54) is 25.5 Å². The van der Waals surface area contributed by atoms with Crippen LogP contribution in [0.3, 0.4) is 0 Å². The second kappa shape index (κ2) is 4.73. The lowest BCUT2D eigenvalue weighted by Gasteiger charge is -2.35. The van der Waals surface area contributed by atoms with Gasteiger partial charge in [0.1, 0.15) is 5.69 Å². The largest absolute Gasteiger partial charge is 0.477 e. The second-order valence-electron chi connectivity index (χ2n) is 4.98. The summed E-state index contributed by atoms with van der Waals surface area (Å²) < 4.78 is 0. The maximum Gasteiger partial charge on any atom is 0.354 e. The fourth-order valence-corrected chi connectivity index (χ4v) is 2.43. The number of carboxylic acid groups (broad SMARTS) is 1. The molecule has 1 aliphatic rings. The smallest absolute Gasteiger partial charge is 0.354 e. The van der Waals surface area contributed by atoms with Gasteiger partial charge in [0.2, 0.25) is 0 Å². The maximum atomic E-state index is 10.8. The van der Waals surface area contributed by atoms with Crippen molar-refractivity contribution >= 4 is 11.7 Å². The zero-order valence-electron chi connectivity index (χ0n) is 10.1. The molecule has 1 fully saturated rings. The van der Waals surface area contributed by atoms with E-state index in [1.807, 2.05) is 6.07 Å². The Labute approximate surface area is 101 Å². The van der Waals surface area contributed by atoms with E-state index >= 15 is 0 Å². The Morgan fingerprint density at radius 3 is 2.76 bits per heavy atom. The summed E-state index contributed by atoms with van der Waals surface area (Å²) in [4.78, 5) is 14.7. The third-order valence-corrected chi connectivity index (χ3v) is 3.38. The first-order valence-corrected chi connectivity index (χ1v) is 6.07. The third kappa shape index (κ3) is 2.96. The molecule has 0 atom stereocenters. The lowest BCUT2D eigenvalue weighted by Crippen LogP contribution is -2.36. The quantitative estimate of drug-likeness (QED) is 0.844. The predicted molar refractivity (Wildman–Crippen MR) is 66.3 cm³/mol. The van der Waals surface area contributed by atoms with Crippen molar-refractivity contribution in [2.75, 3.05) is 5.32 Å². The molecule has 0 bridgehead atoms. The van der Waals surface area contributed by atoms with Crippen molar-refractivity contribution in [2.45, 2.75) is 44.6 Å². The Kier molecular flexibility index (Phi) is 3.31. The molecule has 92 valence electrons. The maximum absolute atomic E-state index is 10.8. The molecule has 0 amide bonds. The van der Waals surface area contributed by atoms with Crippen LogP contribution in [-0.2, 0) is 0 Å². The molecule has 0 unspecified atom stereocenters. The monoisotopic (exact) mass is 234 g/mol. The summed E-state index contributed by atoms with van der Waals surface area (Å²) in [6, 6.07) is 3.43. The fraction of sp³-hybridized carbons (Fsp3) is 0.538. The molecule has 0 aromatic carbocycles. The number of pyridine rings is 1. The molecule has 2 N–H and O–H groups in total. The Morgan fingerprint density at radius 2 is 2.12 bits per heavy atom. The normalized spacial score (nSPS) is 18.6. The van der Waals surface area contributed by atoms with Gasteiger partial charge >= 0.3 is 5.97 Å². The van der Waals surface area contributed by atoms with Crippen LogP contribution in [0, 0.1) is 0 Å². The van der Waals surface area contributed by atoms with Gasteiger partial charge in [-0.1, -0.05) is 19.3 Å². The van der Waals surface area contributed by atoms with Crippen molar-refractivity contribution in [1.29, 1.82) is 0 Å². The number of aromatic carboxylic acids is 1. The van der Waals surface area contributed by atoms with Crippen LogP contribution < -0.4 is 5.32 Å². The van der Waals surface area contributed by atoms with Gasteiger partial charge in [-0.2, -0.15) is 0 Å². The van der Waals surface area contributed by atoms with Gasteiger partial charge in [0, 0.05) is 17.4 Å². The van der Waals surface area contributed by atoms with Crippen LogP contribution in [0.25, 0.3) is 0 Å². The summed E-state index contributed by atoms with van der Waals surface area (Å²) in [5.41, 5.74) is 1.03. The van der Waals surface area contributed by atoms with Gasteiger partial charge in [-0.05, 0) is 31.9 Å². The molecule has 4 nitrogen and oxygen atoms in total. The van der Waals surface area contributed by atoms with Gasteiger partial charge in [0.15, 0.2) is 0 Å². The van der Waals surface area contributed by atoms with Gasteiger partial charge in [0.25, 0.3) is 0 Å². The number of hydrogen-bond donors (Lipinski definition) is 2. The first kappa shape index (κ1) is 11.9. The summed E-state index contributed by atoms with van der Waals surface area (Å²) in [5.74, 6) is -0.984. The third-order valence-electron chi connectivity index (χ3n) is 3.38. The fourth-order valence-electron chi connectivity index (χ4n) is 2.43. The molecule has 0 aliphatic heterocycles. The van der Waals surface area contributed by atoms with Crippen LogP contribution in [0.4, 0.5) is 5.69 Å². The molecule has 1 saturated carbocycles. The van der Waals surface area contributed by atoms with Crippen LogP contribution in [0.2, 0.25) is 0 Å². The number of hydrogen-bond acceptors (Lipinski definition) is 3. The van der Waals surface area contributed by atoms with E-state index in [0.717, 1.165) is 18.5 Å². The van der Waals surface area contributed by atoms with Gasteiger partial charge in [-0.25, -0.2) is 9.78 Å². The summed E-state index contributed by atoms with van der Waals surface area (Å²) in [5, 5.41) is 12.3. The average molecular weight is 234 g/mol. The molecule has 17 heavy (non-hydrogen) atoms. The van der Waals surface area contributed by atoms with Crippen molar-refractivity contribution in [3.05, 3.63) is 24.0 Å². The number of nitrogens with one attached hydrogen (secondary N) is 1. The Morgan fingerprint density at radius 1 is 1.41 bits per heavy atom. The van der Waals surface area contributed by atoms with Gasteiger partial charge in [0.05, 0.1) is 0 Å². The SMILES string of the molecule is CC1(Nc2ccnc(C(=O)O)c2)CCCCC1. The molecular weight excluding hydrogens is 216 g/mol. The molecule has 2 rings (SSSR count). The molecule has 1 aliphatic carbocycles. The van der Waals surface area contributed by atoms with E-state index in [1.54, 1.807) is 6.07 Å². The van der Waals surface area contributed by atoms with E-state index in [9.17, 15) is 4.79 Å². The van der Waals surface area contributed by atoms with Crippen molar-refractivity contribution in [2.24, 2.45) is 0 Å². The van der Waals surface area contributed by atoms with Crippen LogP contribution >= 0.6 is 0 Å². The molecule has 1 heterocycles. The topological polar surface area (TPSA) is 62.2 Å². The summed E-state index contributed by atoms with van der Waals surface area (Å²) in [7, 11) is 0. The second-order valence-corrected chi connectivity index (χ2v) is 4.98. The molecule has 1 aromatic heterocycles. The van der Waals surface area contributed by atoms with Crippen molar-refractivity contribution in [1.82, 2.24) is 4.98 Å². The van der Waals surface area contributed by atoms with Gasteiger partial charge < -0.3 is 10.4 Å².